The molecule has 0 atom stereocenters. The van der Waals surface area contributed by atoms with Crippen LogP contribution in [0.4, 0.5) is 8.78 Å². The lowest BCUT2D eigenvalue weighted by Gasteiger charge is -2.06. The maximum atomic E-state index is 13.3. The molecular formula is C11H9F2NO3S. The number of hydrogen-bond donors (Lipinski definition) is 1. The fourth-order valence-electron chi connectivity index (χ4n) is 1.34. The quantitative estimate of drug-likeness (QED) is 0.927. The minimum atomic E-state index is -4.11. The Bertz CT molecular complexity index is 638. The van der Waals surface area contributed by atoms with Crippen LogP contribution in [0.5, 0.6) is 0 Å². The highest BCUT2D eigenvalue weighted by Crippen LogP contribution is 2.16. The molecule has 0 radical (unpaired) electrons. The van der Waals surface area contributed by atoms with Crippen molar-refractivity contribution < 1.29 is 21.6 Å². The summed E-state index contributed by atoms with van der Waals surface area (Å²) in [6.07, 6.45) is 1.38. The smallest absolute Gasteiger partial charge is 0.243 e. The molecule has 96 valence electrons. The van der Waals surface area contributed by atoms with Crippen LogP contribution in [0, 0.1) is 11.6 Å². The van der Waals surface area contributed by atoms with E-state index < -0.39 is 26.6 Å². The van der Waals surface area contributed by atoms with Crippen LogP contribution in [0.1, 0.15) is 5.76 Å². The summed E-state index contributed by atoms with van der Waals surface area (Å²) in [6.45, 7) is -0.134. The molecule has 2 aromatic rings. The van der Waals surface area contributed by atoms with Gasteiger partial charge in [-0.1, -0.05) is 0 Å². The highest BCUT2D eigenvalue weighted by Gasteiger charge is 2.19. The van der Waals surface area contributed by atoms with Crippen LogP contribution in [0.15, 0.2) is 45.9 Å². The maximum Gasteiger partial charge on any atom is 0.243 e. The summed E-state index contributed by atoms with van der Waals surface area (Å²) in [5, 5.41) is 0. The van der Waals surface area contributed by atoms with E-state index in [9.17, 15) is 17.2 Å². The third kappa shape index (κ3) is 2.74. The zero-order chi connectivity index (χ0) is 13.2. The summed E-state index contributed by atoms with van der Waals surface area (Å²) >= 11 is 0. The molecule has 0 saturated heterocycles. The molecule has 0 bridgehead atoms. The normalized spacial score (nSPS) is 11.7. The van der Waals surface area contributed by atoms with Gasteiger partial charge in [0.25, 0.3) is 0 Å². The van der Waals surface area contributed by atoms with Crippen molar-refractivity contribution in [1.29, 1.82) is 0 Å². The maximum absolute atomic E-state index is 13.3. The summed E-state index contributed by atoms with van der Waals surface area (Å²) < 4.78 is 56.8. The zero-order valence-electron chi connectivity index (χ0n) is 9.06. The van der Waals surface area contributed by atoms with Gasteiger partial charge in [0, 0.05) is 0 Å². The molecule has 0 saturated carbocycles. The van der Waals surface area contributed by atoms with E-state index in [1.807, 2.05) is 0 Å². The lowest BCUT2D eigenvalue weighted by atomic mass is 10.3. The molecule has 1 aromatic heterocycles. The number of sulfonamides is 1. The van der Waals surface area contributed by atoms with Crippen molar-refractivity contribution >= 4 is 10.0 Å². The molecular weight excluding hydrogens is 264 g/mol. The van der Waals surface area contributed by atoms with Gasteiger partial charge in [0.2, 0.25) is 10.0 Å². The van der Waals surface area contributed by atoms with Crippen molar-refractivity contribution in [3.8, 4) is 0 Å². The minimum absolute atomic E-state index is 0.134. The molecule has 0 spiro atoms. The molecule has 18 heavy (non-hydrogen) atoms. The van der Waals surface area contributed by atoms with E-state index in [1.165, 1.54) is 6.26 Å². The predicted molar refractivity (Wildman–Crippen MR) is 59.1 cm³/mol. The van der Waals surface area contributed by atoms with Gasteiger partial charge >= 0.3 is 0 Å². The van der Waals surface area contributed by atoms with Crippen molar-refractivity contribution in [2.75, 3.05) is 0 Å². The van der Waals surface area contributed by atoms with Gasteiger partial charge in [-0.05, 0) is 30.3 Å². The molecule has 7 heteroatoms. The number of hydrogen-bond acceptors (Lipinski definition) is 3. The minimum Gasteiger partial charge on any atom is -0.468 e. The van der Waals surface area contributed by atoms with Gasteiger partial charge in [0.15, 0.2) is 0 Å². The summed E-state index contributed by atoms with van der Waals surface area (Å²) in [6, 6.07) is 5.38. The van der Waals surface area contributed by atoms with Gasteiger partial charge in [0.1, 0.15) is 22.3 Å². The van der Waals surface area contributed by atoms with Crippen LogP contribution in [0.25, 0.3) is 0 Å². The molecule has 1 heterocycles. The summed E-state index contributed by atoms with van der Waals surface area (Å²) in [5.74, 6) is -1.46. The first-order valence-electron chi connectivity index (χ1n) is 4.96. The summed E-state index contributed by atoms with van der Waals surface area (Å²) in [7, 11) is -4.11. The first-order chi connectivity index (χ1) is 8.49. The van der Waals surface area contributed by atoms with Crippen molar-refractivity contribution in [2.45, 2.75) is 11.4 Å². The van der Waals surface area contributed by atoms with Crippen LogP contribution in [0.2, 0.25) is 0 Å². The van der Waals surface area contributed by atoms with Gasteiger partial charge < -0.3 is 4.42 Å². The van der Waals surface area contributed by atoms with Crippen LogP contribution >= 0.6 is 0 Å². The predicted octanol–water partition coefficient (Wildman–Crippen LogP) is 2.04. The molecule has 4 nitrogen and oxygen atoms in total. The number of nitrogens with one attached hydrogen (secondary N) is 1. The number of benzene rings is 1. The van der Waals surface area contributed by atoms with Crippen molar-refractivity contribution in [3.05, 3.63) is 54.0 Å². The highest BCUT2D eigenvalue weighted by molar-refractivity contribution is 7.89. The fourth-order valence-corrected chi connectivity index (χ4v) is 2.42. The summed E-state index contributed by atoms with van der Waals surface area (Å²) in [4.78, 5) is -0.728. The molecule has 2 rings (SSSR count). The Labute approximate surface area is 102 Å². The van der Waals surface area contributed by atoms with Gasteiger partial charge in [-0.25, -0.2) is 21.9 Å². The van der Waals surface area contributed by atoms with E-state index in [0.717, 1.165) is 12.1 Å². The number of furan rings is 1. The van der Waals surface area contributed by atoms with E-state index in [1.54, 1.807) is 12.1 Å². The molecule has 1 N–H and O–H groups in total. The lowest BCUT2D eigenvalue weighted by molar-refractivity contribution is 0.496. The Balaban J connectivity index is 2.22. The third-order valence-corrected chi connectivity index (χ3v) is 3.62. The van der Waals surface area contributed by atoms with Crippen molar-refractivity contribution in [1.82, 2.24) is 4.72 Å². The number of rotatable bonds is 4. The average Bonchev–Trinajstić information content (AvgIpc) is 2.83. The summed E-state index contributed by atoms with van der Waals surface area (Å²) in [5.41, 5.74) is 0. The highest BCUT2D eigenvalue weighted by atomic mass is 32.2. The Morgan fingerprint density at radius 1 is 1.22 bits per heavy atom. The second kappa shape index (κ2) is 4.87. The zero-order valence-corrected chi connectivity index (χ0v) is 9.88. The van der Waals surface area contributed by atoms with E-state index >= 15 is 0 Å². The van der Waals surface area contributed by atoms with Crippen LogP contribution in [0.3, 0.4) is 0 Å². The first kappa shape index (κ1) is 12.7. The van der Waals surface area contributed by atoms with E-state index in [-0.39, 0.29) is 6.54 Å². The molecule has 0 aliphatic carbocycles. The SMILES string of the molecule is O=S(=O)(NCc1ccco1)c1cc(F)ccc1F. The van der Waals surface area contributed by atoms with Crippen molar-refractivity contribution in [2.24, 2.45) is 0 Å². The Kier molecular flexibility index (Phi) is 3.44. The molecule has 0 aliphatic rings. The van der Waals surface area contributed by atoms with Gasteiger partial charge in [-0.15, -0.1) is 0 Å². The molecule has 1 aromatic carbocycles. The largest absolute Gasteiger partial charge is 0.468 e. The van der Waals surface area contributed by atoms with Gasteiger partial charge in [0.05, 0.1) is 12.8 Å². The van der Waals surface area contributed by atoms with E-state index in [4.69, 9.17) is 4.42 Å². The molecule has 0 unspecified atom stereocenters. The lowest BCUT2D eigenvalue weighted by Crippen LogP contribution is -2.24. The Hall–Kier alpha value is -1.73. The number of halogens is 2. The van der Waals surface area contributed by atoms with E-state index in [2.05, 4.69) is 4.72 Å². The van der Waals surface area contributed by atoms with Crippen LogP contribution < -0.4 is 4.72 Å². The topological polar surface area (TPSA) is 59.3 Å². The van der Waals surface area contributed by atoms with Gasteiger partial charge in [-0.3, -0.25) is 0 Å². The van der Waals surface area contributed by atoms with Gasteiger partial charge in [-0.2, -0.15) is 0 Å². The second-order valence-corrected chi connectivity index (χ2v) is 5.21. The monoisotopic (exact) mass is 273 g/mol. The molecule has 0 amide bonds. The average molecular weight is 273 g/mol. The van der Waals surface area contributed by atoms with Crippen molar-refractivity contribution in [3.63, 3.8) is 0 Å². The third-order valence-electron chi connectivity index (χ3n) is 2.20. The molecule has 0 fully saturated rings. The second-order valence-electron chi connectivity index (χ2n) is 3.48. The fraction of sp³-hybridized carbons (Fsp3) is 0.0909. The molecule has 0 aliphatic heterocycles. The van der Waals surface area contributed by atoms with Crippen LogP contribution in [-0.2, 0) is 16.6 Å². The standard InChI is InChI=1S/C11H9F2NO3S/c12-8-3-4-10(13)11(6-8)18(15,16)14-7-9-2-1-5-17-9/h1-6,14H,7H2. The van der Waals surface area contributed by atoms with E-state index in [0.29, 0.717) is 11.8 Å². The van der Waals surface area contributed by atoms with Crippen LogP contribution in [-0.4, -0.2) is 8.42 Å². The Morgan fingerprint density at radius 2 is 2.00 bits per heavy atom. The Morgan fingerprint density at radius 3 is 2.67 bits per heavy atom. The first-order valence-corrected chi connectivity index (χ1v) is 6.44.